The second-order valence-electron chi connectivity index (χ2n) is 5.94. The summed E-state index contributed by atoms with van der Waals surface area (Å²) in [5.74, 6) is -0.308. The number of amides is 1. The molecule has 3 aromatic rings. The summed E-state index contributed by atoms with van der Waals surface area (Å²) in [6.07, 6.45) is 0.115. The topological polar surface area (TPSA) is 72.7 Å². The Hall–Kier alpha value is -2.51. The molecular formula is C17H12Cl2FN5O. The average Bonchev–Trinajstić information content (AvgIpc) is 2.91. The van der Waals surface area contributed by atoms with E-state index < -0.39 is 11.7 Å². The second-order valence-corrected chi connectivity index (χ2v) is 6.77. The van der Waals surface area contributed by atoms with Crippen molar-refractivity contribution in [2.75, 3.05) is 5.32 Å². The zero-order valence-corrected chi connectivity index (χ0v) is 15.0. The fourth-order valence-electron chi connectivity index (χ4n) is 3.18. The molecule has 0 radical (unpaired) electrons. The lowest BCUT2D eigenvalue weighted by molar-refractivity contribution is -0.116. The largest absolute Gasteiger partial charge is 0.310 e. The number of nitrogens with zero attached hydrogens (tertiary/aromatic N) is 4. The molecule has 0 saturated carbocycles. The van der Waals surface area contributed by atoms with Crippen LogP contribution in [0.2, 0.25) is 10.2 Å². The summed E-state index contributed by atoms with van der Waals surface area (Å²) in [5, 5.41) is 15.6. The second kappa shape index (κ2) is 6.34. The van der Waals surface area contributed by atoms with Crippen molar-refractivity contribution in [2.24, 2.45) is 0 Å². The highest BCUT2D eigenvalue weighted by molar-refractivity contribution is 6.30. The first-order chi connectivity index (χ1) is 12.4. The van der Waals surface area contributed by atoms with Crippen molar-refractivity contribution >= 4 is 34.9 Å². The minimum Gasteiger partial charge on any atom is -0.310 e. The zero-order chi connectivity index (χ0) is 18.4. The van der Waals surface area contributed by atoms with Gasteiger partial charge in [0.25, 0.3) is 0 Å². The van der Waals surface area contributed by atoms with E-state index in [-0.39, 0.29) is 17.5 Å². The van der Waals surface area contributed by atoms with E-state index in [2.05, 4.69) is 20.6 Å². The maximum absolute atomic E-state index is 14.5. The number of anilines is 1. The molecule has 0 unspecified atom stereocenters. The summed E-state index contributed by atoms with van der Waals surface area (Å²) in [6.45, 7) is 1.80. The molecule has 4 rings (SSSR count). The van der Waals surface area contributed by atoms with Crippen LogP contribution in [0.3, 0.4) is 0 Å². The lowest BCUT2D eigenvalue weighted by Gasteiger charge is -2.24. The van der Waals surface area contributed by atoms with E-state index in [1.807, 2.05) is 0 Å². The summed E-state index contributed by atoms with van der Waals surface area (Å²) in [6, 6.07) is 7.67. The van der Waals surface area contributed by atoms with Crippen LogP contribution in [-0.2, 0) is 4.79 Å². The van der Waals surface area contributed by atoms with E-state index in [4.69, 9.17) is 23.2 Å². The van der Waals surface area contributed by atoms with Gasteiger partial charge in [0.1, 0.15) is 11.6 Å². The molecule has 2 aromatic heterocycles. The van der Waals surface area contributed by atoms with Crippen LogP contribution in [0.25, 0.3) is 5.82 Å². The van der Waals surface area contributed by atoms with Crippen molar-refractivity contribution in [3.8, 4) is 5.82 Å². The predicted molar refractivity (Wildman–Crippen MR) is 95.4 cm³/mol. The van der Waals surface area contributed by atoms with Crippen molar-refractivity contribution in [1.29, 1.82) is 0 Å². The lowest BCUT2D eigenvalue weighted by Crippen LogP contribution is -2.25. The summed E-state index contributed by atoms with van der Waals surface area (Å²) >= 11 is 11.6. The van der Waals surface area contributed by atoms with Crippen molar-refractivity contribution in [3.63, 3.8) is 0 Å². The van der Waals surface area contributed by atoms with Crippen LogP contribution >= 0.6 is 23.2 Å². The Labute approximate surface area is 157 Å². The maximum atomic E-state index is 14.5. The zero-order valence-electron chi connectivity index (χ0n) is 13.5. The summed E-state index contributed by atoms with van der Waals surface area (Å²) < 4.78 is 16.0. The highest BCUT2D eigenvalue weighted by Crippen LogP contribution is 2.41. The highest BCUT2D eigenvalue weighted by atomic mass is 35.5. The number of carbonyl (C=O) groups is 1. The average molecular weight is 392 g/mol. The van der Waals surface area contributed by atoms with Gasteiger partial charge in [-0.25, -0.2) is 4.39 Å². The van der Waals surface area contributed by atoms with Gasteiger partial charge in [0.15, 0.2) is 11.0 Å². The molecule has 0 fully saturated rings. The summed E-state index contributed by atoms with van der Waals surface area (Å²) in [5.41, 5.74) is 1.80. The Morgan fingerprint density at radius 3 is 2.73 bits per heavy atom. The Morgan fingerprint density at radius 1 is 1.23 bits per heavy atom. The van der Waals surface area contributed by atoms with Crippen molar-refractivity contribution in [3.05, 3.63) is 63.1 Å². The fourth-order valence-corrected chi connectivity index (χ4v) is 3.44. The lowest BCUT2D eigenvalue weighted by atomic mass is 9.85. The molecule has 0 bridgehead atoms. The summed E-state index contributed by atoms with van der Waals surface area (Å²) in [4.78, 5) is 12.3. The molecule has 0 aliphatic carbocycles. The van der Waals surface area contributed by atoms with Crippen LogP contribution in [0.15, 0.2) is 30.3 Å². The molecule has 1 aromatic carbocycles. The predicted octanol–water partition coefficient (Wildman–Crippen LogP) is 3.89. The molecule has 1 amide bonds. The number of carbonyl (C=O) groups excluding carboxylic acids is 1. The fraction of sp³-hybridized carbons (Fsp3) is 0.176. The molecule has 0 spiro atoms. The van der Waals surface area contributed by atoms with Crippen LogP contribution in [-0.4, -0.2) is 25.9 Å². The van der Waals surface area contributed by atoms with Crippen LogP contribution in [0, 0.1) is 12.7 Å². The monoisotopic (exact) mass is 391 g/mol. The molecule has 9 heteroatoms. The van der Waals surface area contributed by atoms with Gasteiger partial charge in [-0.2, -0.15) is 9.78 Å². The van der Waals surface area contributed by atoms with Crippen LogP contribution in [0.5, 0.6) is 0 Å². The number of halogens is 3. The molecule has 1 N–H and O–H groups in total. The first-order valence-electron chi connectivity index (χ1n) is 7.78. The Morgan fingerprint density at radius 2 is 2.04 bits per heavy atom. The van der Waals surface area contributed by atoms with E-state index in [1.54, 1.807) is 31.2 Å². The number of aromatic nitrogens is 4. The van der Waals surface area contributed by atoms with Gasteiger partial charge in [0, 0.05) is 22.9 Å². The number of fused-ring (bicyclic) bond motifs is 1. The number of hydrogen-bond donors (Lipinski definition) is 1. The van der Waals surface area contributed by atoms with E-state index >= 15 is 0 Å². The van der Waals surface area contributed by atoms with Crippen molar-refractivity contribution in [1.82, 2.24) is 20.0 Å². The highest BCUT2D eigenvalue weighted by Gasteiger charge is 2.34. The number of benzene rings is 1. The minimum absolute atomic E-state index is 0.115. The molecule has 0 saturated heterocycles. The molecule has 132 valence electrons. The van der Waals surface area contributed by atoms with Crippen LogP contribution < -0.4 is 5.32 Å². The Bertz CT molecular complexity index is 1020. The van der Waals surface area contributed by atoms with Gasteiger partial charge in [-0.1, -0.05) is 29.3 Å². The minimum atomic E-state index is -0.468. The third kappa shape index (κ3) is 2.83. The van der Waals surface area contributed by atoms with Crippen molar-refractivity contribution in [2.45, 2.75) is 19.3 Å². The maximum Gasteiger partial charge on any atom is 0.226 e. The van der Waals surface area contributed by atoms with E-state index in [0.29, 0.717) is 27.9 Å². The smallest absolute Gasteiger partial charge is 0.226 e. The molecule has 1 aliphatic heterocycles. The van der Waals surface area contributed by atoms with Crippen LogP contribution in [0.1, 0.15) is 29.2 Å². The van der Waals surface area contributed by atoms with Crippen molar-refractivity contribution < 1.29 is 9.18 Å². The van der Waals surface area contributed by atoms with E-state index in [1.165, 1.54) is 10.7 Å². The third-order valence-electron chi connectivity index (χ3n) is 4.28. The first-order valence-corrected chi connectivity index (χ1v) is 8.53. The summed E-state index contributed by atoms with van der Waals surface area (Å²) in [7, 11) is 0. The van der Waals surface area contributed by atoms with E-state index in [9.17, 15) is 9.18 Å². The van der Waals surface area contributed by atoms with Gasteiger partial charge < -0.3 is 5.32 Å². The quantitative estimate of drug-likeness (QED) is 0.718. The molecular weight excluding hydrogens is 380 g/mol. The number of aryl methyl sites for hydroxylation is 1. The van der Waals surface area contributed by atoms with Gasteiger partial charge in [-0.05, 0) is 36.8 Å². The van der Waals surface area contributed by atoms with E-state index in [0.717, 1.165) is 5.56 Å². The van der Waals surface area contributed by atoms with Gasteiger partial charge in [-0.3, -0.25) is 4.79 Å². The molecule has 26 heavy (non-hydrogen) atoms. The van der Waals surface area contributed by atoms with Crippen LogP contribution in [0.4, 0.5) is 10.2 Å². The number of rotatable bonds is 2. The first kappa shape index (κ1) is 16.9. The van der Waals surface area contributed by atoms with Gasteiger partial charge in [0.05, 0.1) is 5.69 Å². The number of hydrogen-bond acceptors (Lipinski definition) is 4. The number of nitrogens with one attached hydrogen (secondary N) is 1. The molecule has 1 atom stereocenters. The molecule has 1 aliphatic rings. The standard InChI is InChI=1S/C17H12Cl2FN5O/c1-8-16-11(10-3-2-9(18)6-12(10)20)7-15(26)21-17(16)25(24-8)14-5-4-13(19)22-23-14/h2-6,11H,7H2,1H3,(H,21,26)/t11-/m0/s1. The Balaban J connectivity index is 1.88. The van der Waals surface area contributed by atoms with Gasteiger partial charge in [-0.15, -0.1) is 10.2 Å². The molecule has 3 heterocycles. The van der Waals surface area contributed by atoms with Gasteiger partial charge in [0.2, 0.25) is 5.91 Å². The van der Waals surface area contributed by atoms with Gasteiger partial charge >= 0.3 is 0 Å². The Kier molecular flexibility index (Phi) is 4.13. The normalized spacial score (nSPS) is 16.3. The SMILES string of the molecule is Cc1nn(-c2ccc(Cl)nn2)c2c1[C@H](c1ccc(Cl)cc1F)CC(=O)N2. The molecule has 6 nitrogen and oxygen atoms in total. The third-order valence-corrected chi connectivity index (χ3v) is 4.71.